The maximum absolute atomic E-state index is 11.4. The number of carboxylic acid groups (broad SMARTS) is 1. The van der Waals surface area contributed by atoms with Gasteiger partial charge >= 0.3 is 5.97 Å². The second-order valence-electron chi connectivity index (χ2n) is 4.55. The van der Waals surface area contributed by atoms with Gasteiger partial charge in [-0.05, 0) is 23.8 Å². The molecule has 106 valence electrons. The van der Waals surface area contributed by atoms with Crippen molar-refractivity contribution in [2.45, 2.75) is 13.2 Å². The Kier molecular flexibility index (Phi) is 3.66. The number of pyridine rings is 1. The highest BCUT2D eigenvalue weighted by Gasteiger charge is 2.19. The normalized spacial score (nSPS) is 10.9. The zero-order valence-corrected chi connectivity index (χ0v) is 11.2. The van der Waals surface area contributed by atoms with Gasteiger partial charge in [-0.2, -0.15) is 0 Å². The highest BCUT2D eigenvalue weighted by atomic mass is 16.5. The molecule has 0 bridgehead atoms. The van der Waals surface area contributed by atoms with Gasteiger partial charge < -0.3 is 14.3 Å². The summed E-state index contributed by atoms with van der Waals surface area (Å²) in [7, 11) is 0. The number of aromatic nitrogens is 1. The molecule has 0 radical (unpaired) electrons. The van der Waals surface area contributed by atoms with Gasteiger partial charge in [-0.25, -0.2) is 4.79 Å². The average Bonchev–Trinajstić information content (AvgIpc) is 2.86. The number of benzene rings is 1. The van der Waals surface area contributed by atoms with Crippen molar-refractivity contribution in [1.82, 2.24) is 4.98 Å². The fourth-order valence-corrected chi connectivity index (χ4v) is 2.17. The Hall–Kier alpha value is -2.66. The highest BCUT2D eigenvalue weighted by molar-refractivity contribution is 6.03. The van der Waals surface area contributed by atoms with Crippen molar-refractivity contribution >= 4 is 16.9 Å². The zero-order valence-electron chi connectivity index (χ0n) is 11.2. The summed E-state index contributed by atoms with van der Waals surface area (Å²) < 4.78 is 11.1. The van der Waals surface area contributed by atoms with E-state index >= 15 is 0 Å². The Bertz CT molecular complexity index is 764. The van der Waals surface area contributed by atoms with Crippen molar-refractivity contribution in [1.29, 1.82) is 0 Å². The number of aromatic carboxylic acids is 1. The Morgan fingerprint density at radius 3 is 2.67 bits per heavy atom. The smallest absolute Gasteiger partial charge is 0.340 e. The first-order chi connectivity index (χ1) is 10.3. The molecule has 21 heavy (non-hydrogen) atoms. The van der Waals surface area contributed by atoms with Crippen molar-refractivity contribution in [3.8, 4) is 0 Å². The van der Waals surface area contributed by atoms with Gasteiger partial charge in [-0.3, -0.25) is 4.98 Å². The van der Waals surface area contributed by atoms with E-state index in [4.69, 9.17) is 9.15 Å². The second-order valence-corrected chi connectivity index (χ2v) is 4.55. The number of nitrogens with zero attached hydrogens (tertiary/aromatic N) is 1. The lowest BCUT2D eigenvalue weighted by atomic mass is 10.1. The summed E-state index contributed by atoms with van der Waals surface area (Å²) in [5.74, 6) is -0.680. The number of carbonyl (C=O) groups is 1. The fraction of sp³-hybridized carbons (Fsp3) is 0.125. The van der Waals surface area contributed by atoms with Crippen LogP contribution in [0.3, 0.4) is 0 Å². The van der Waals surface area contributed by atoms with Gasteiger partial charge in [0.2, 0.25) is 0 Å². The molecule has 0 fully saturated rings. The minimum Gasteiger partial charge on any atom is -0.478 e. The van der Waals surface area contributed by atoms with Crippen molar-refractivity contribution in [2.75, 3.05) is 0 Å². The van der Waals surface area contributed by atoms with E-state index in [1.165, 1.54) is 0 Å². The van der Waals surface area contributed by atoms with Gasteiger partial charge in [-0.15, -0.1) is 0 Å². The Balaban J connectivity index is 1.80. The van der Waals surface area contributed by atoms with E-state index in [0.717, 1.165) is 5.56 Å². The molecule has 0 aliphatic rings. The van der Waals surface area contributed by atoms with Crippen LogP contribution in [0.1, 0.15) is 21.7 Å². The molecule has 1 N–H and O–H groups in total. The van der Waals surface area contributed by atoms with Crippen LogP contribution in [0.25, 0.3) is 11.0 Å². The molecule has 3 rings (SSSR count). The van der Waals surface area contributed by atoms with Crippen LogP contribution >= 0.6 is 0 Å². The Morgan fingerprint density at radius 1 is 1.14 bits per heavy atom. The molecular formula is C16H13NO4. The van der Waals surface area contributed by atoms with Gasteiger partial charge in [0, 0.05) is 17.8 Å². The fourth-order valence-electron chi connectivity index (χ4n) is 2.17. The van der Waals surface area contributed by atoms with E-state index in [2.05, 4.69) is 4.98 Å². The molecule has 0 saturated heterocycles. The molecule has 2 heterocycles. The van der Waals surface area contributed by atoms with Crippen LogP contribution in [-0.4, -0.2) is 16.1 Å². The van der Waals surface area contributed by atoms with Crippen LogP contribution in [0.4, 0.5) is 0 Å². The predicted octanol–water partition coefficient (Wildman–Crippen LogP) is 3.24. The minimum atomic E-state index is -1.01. The molecule has 5 nitrogen and oxygen atoms in total. The molecule has 0 atom stereocenters. The number of fused-ring (bicyclic) bond motifs is 1. The standard InChI is InChI=1S/C16H13NO4/c18-16(19)15-12-3-1-2-4-13(12)21-14(15)10-20-9-11-5-7-17-8-6-11/h1-8H,9-10H2,(H,18,19). The maximum Gasteiger partial charge on any atom is 0.340 e. The molecule has 0 amide bonds. The summed E-state index contributed by atoms with van der Waals surface area (Å²) in [5.41, 5.74) is 1.69. The van der Waals surface area contributed by atoms with E-state index in [1.54, 1.807) is 36.7 Å². The SMILES string of the molecule is O=C(O)c1c(COCc2ccncc2)oc2ccccc12. The van der Waals surface area contributed by atoms with E-state index in [-0.39, 0.29) is 12.2 Å². The number of rotatable bonds is 5. The lowest BCUT2D eigenvalue weighted by molar-refractivity contribution is 0.0674. The zero-order chi connectivity index (χ0) is 14.7. The number of hydrogen-bond donors (Lipinski definition) is 1. The molecule has 3 aromatic rings. The predicted molar refractivity (Wildman–Crippen MR) is 75.9 cm³/mol. The van der Waals surface area contributed by atoms with Gasteiger partial charge in [0.05, 0.1) is 6.61 Å². The largest absolute Gasteiger partial charge is 0.478 e. The third-order valence-electron chi connectivity index (χ3n) is 3.13. The average molecular weight is 283 g/mol. The van der Waals surface area contributed by atoms with Gasteiger partial charge in [0.15, 0.2) is 0 Å². The van der Waals surface area contributed by atoms with E-state index < -0.39 is 5.97 Å². The number of furan rings is 1. The topological polar surface area (TPSA) is 72.6 Å². The molecule has 5 heteroatoms. The molecular weight excluding hydrogens is 270 g/mol. The summed E-state index contributed by atoms with van der Waals surface area (Å²) in [6.45, 7) is 0.483. The van der Waals surface area contributed by atoms with Crippen molar-refractivity contribution in [3.05, 3.63) is 65.7 Å². The number of hydrogen-bond acceptors (Lipinski definition) is 4. The molecule has 0 unspecified atom stereocenters. The Morgan fingerprint density at radius 2 is 1.90 bits per heavy atom. The van der Waals surface area contributed by atoms with Crippen LogP contribution in [0.15, 0.2) is 53.2 Å². The summed E-state index contributed by atoms with van der Waals surface area (Å²) in [6.07, 6.45) is 3.37. The number of carboxylic acids is 1. The molecule has 0 spiro atoms. The van der Waals surface area contributed by atoms with Crippen molar-refractivity contribution in [3.63, 3.8) is 0 Å². The van der Waals surface area contributed by atoms with Crippen molar-refractivity contribution in [2.24, 2.45) is 0 Å². The molecule has 0 saturated carbocycles. The van der Waals surface area contributed by atoms with E-state index in [0.29, 0.717) is 23.3 Å². The summed E-state index contributed by atoms with van der Waals surface area (Å²) in [5, 5.41) is 9.94. The van der Waals surface area contributed by atoms with E-state index in [9.17, 15) is 9.90 Å². The van der Waals surface area contributed by atoms with Crippen LogP contribution in [-0.2, 0) is 18.0 Å². The van der Waals surface area contributed by atoms with Gasteiger partial charge in [0.1, 0.15) is 23.5 Å². The minimum absolute atomic E-state index is 0.110. The van der Waals surface area contributed by atoms with Gasteiger partial charge in [0.25, 0.3) is 0 Å². The number of ether oxygens (including phenoxy) is 1. The molecule has 0 aliphatic carbocycles. The molecule has 0 aliphatic heterocycles. The molecule has 2 aromatic heterocycles. The first kappa shape index (κ1) is 13.3. The summed E-state index contributed by atoms with van der Waals surface area (Å²) >= 11 is 0. The third kappa shape index (κ3) is 2.78. The van der Waals surface area contributed by atoms with Crippen LogP contribution in [0, 0.1) is 0 Å². The maximum atomic E-state index is 11.4. The molecule has 1 aromatic carbocycles. The van der Waals surface area contributed by atoms with Crippen LogP contribution in [0.5, 0.6) is 0 Å². The van der Waals surface area contributed by atoms with Crippen LogP contribution < -0.4 is 0 Å². The highest BCUT2D eigenvalue weighted by Crippen LogP contribution is 2.26. The Labute approximate surface area is 120 Å². The second kappa shape index (κ2) is 5.76. The lowest BCUT2D eigenvalue weighted by Crippen LogP contribution is -2.02. The van der Waals surface area contributed by atoms with Crippen LogP contribution in [0.2, 0.25) is 0 Å². The number of para-hydroxylation sites is 1. The summed E-state index contributed by atoms with van der Waals surface area (Å²) in [6, 6.07) is 10.8. The van der Waals surface area contributed by atoms with Gasteiger partial charge in [-0.1, -0.05) is 18.2 Å². The first-order valence-electron chi connectivity index (χ1n) is 6.46. The lowest BCUT2D eigenvalue weighted by Gasteiger charge is -2.03. The first-order valence-corrected chi connectivity index (χ1v) is 6.46. The third-order valence-corrected chi connectivity index (χ3v) is 3.13. The monoisotopic (exact) mass is 283 g/mol. The van der Waals surface area contributed by atoms with Crippen molar-refractivity contribution < 1.29 is 19.1 Å². The van der Waals surface area contributed by atoms with E-state index in [1.807, 2.05) is 12.1 Å². The quantitative estimate of drug-likeness (QED) is 0.778. The summed E-state index contributed by atoms with van der Waals surface area (Å²) in [4.78, 5) is 15.3.